The van der Waals surface area contributed by atoms with E-state index in [1.807, 2.05) is 17.5 Å². The number of carbonyl (C=O) groups is 5. The Balaban J connectivity index is 0.000000135. The molecule has 4 amide bonds. The zero-order chi connectivity index (χ0) is 101. The van der Waals surface area contributed by atoms with Gasteiger partial charge in [0.1, 0.15) is 40.1 Å². The van der Waals surface area contributed by atoms with Gasteiger partial charge >= 0.3 is 5.97 Å². The summed E-state index contributed by atoms with van der Waals surface area (Å²) >= 11 is 1.56. The van der Waals surface area contributed by atoms with E-state index in [0.29, 0.717) is 187 Å². The molecule has 19 rings (SSSR count). The zero-order valence-electron chi connectivity index (χ0n) is 76.0. The van der Waals surface area contributed by atoms with Crippen molar-refractivity contribution in [3.05, 3.63) is 365 Å². The van der Waals surface area contributed by atoms with Crippen LogP contribution in [0.3, 0.4) is 0 Å². The molecular weight excluding hydrogens is 1890 g/mol. The number of methoxy groups -OCH3 is 5. The van der Waals surface area contributed by atoms with Crippen LogP contribution in [-0.4, -0.2) is 138 Å². The summed E-state index contributed by atoms with van der Waals surface area (Å²) in [5, 5.41) is 60.9. The Morgan fingerprint density at radius 3 is 0.965 bits per heavy atom. The second-order valence-electron chi connectivity index (χ2n) is 31.3. The third-order valence-electron chi connectivity index (χ3n) is 22.0. The van der Waals surface area contributed by atoms with Gasteiger partial charge in [0.25, 0.3) is 23.6 Å². The van der Waals surface area contributed by atoms with Gasteiger partial charge in [0.05, 0.1) is 179 Å². The number of benzene rings is 10. The average molecular weight is 1970 g/mol. The van der Waals surface area contributed by atoms with E-state index in [9.17, 15) is 73.0 Å². The van der Waals surface area contributed by atoms with Crippen molar-refractivity contribution in [1.29, 1.82) is 0 Å². The summed E-state index contributed by atoms with van der Waals surface area (Å²) in [6.07, 6.45) is 24.8. The predicted octanol–water partition coefficient (Wildman–Crippen LogP) is 21.2. The maximum atomic E-state index is 13.5. The third-order valence-corrected chi connectivity index (χ3v) is 22.8. The van der Waals surface area contributed by atoms with Crippen LogP contribution < -0.4 is 45.0 Å². The minimum Gasteiger partial charge on any atom is -0.495 e. The largest absolute Gasteiger partial charge is 0.495 e. The number of carboxylic acids is 1. The van der Waals surface area contributed by atoms with Crippen LogP contribution in [0.4, 0.5) is 43.9 Å². The first-order valence-corrected chi connectivity index (χ1v) is 44.2. The van der Waals surface area contributed by atoms with Crippen molar-refractivity contribution in [2.24, 2.45) is 5.92 Å². The number of nitrogens with zero attached hydrogens (tertiary/aromatic N) is 7. The maximum absolute atomic E-state index is 13.5. The molecule has 28 nitrogen and oxygen atoms in total. The van der Waals surface area contributed by atoms with Gasteiger partial charge in [-0.25, -0.2) is 48.7 Å². The molecule has 0 bridgehead atoms. The van der Waals surface area contributed by atoms with Crippen LogP contribution in [0.1, 0.15) is 137 Å². The summed E-state index contributed by atoms with van der Waals surface area (Å²) in [6.45, 7) is 1.53. The van der Waals surface area contributed by atoms with E-state index in [1.54, 1.807) is 157 Å². The summed E-state index contributed by atoms with van der Waals surface area (Å²) in [4.78, 5) is 71.2. The first kappa shape index (κ1) is 99.4. The number of aromatic amines is 5. The van der Waals surface area contributed by atoms with Crippen LogP contribution in [0.2, 0.25) is 0 Å². The van der Waals surface area contributed by atoms with Crippen molar-refractivity contribution < 1.29 is 101 Å². The van der Waals surface area contributed by atoms with Crippen LogP contribution in [0.15, 0.2) is 211 Å². The summed E-state index contributed by atoms with van der Waals surface area (Å²) in [7, 11) is 7.29. The number of aromatic carboxylic acids is 1. The van der Waals surface area contributed by atoms with Gasteiger partial charge in [-0.05, 0) is 222 Å². The van der Waals surface area contributed by atoms with E-state index in [1.165, 1.54) is 78.2 Å². The molecule has 0 aliphatic heterocycles. The lowest BCUT2D eigenvalue weighted by Crippen LogP contribution is -2.26. The monoisotopic (exact) mass is 1970 g/mol. The zero-order valence-corrected chi connectivity index (χ0v) is 76.8. The summed E-state index contributed by atoms with van der Waals surface area (Å²) in [6, 6.07) is 41.8. The fourth-order valence-corrected chi connectivity index (χ4v) is 15.4. The number of thiophene rings is 1. The van der Waals surface area contributed by atoms with Crippen LogP contribution in [0, 0.1) is 64.1 Å². The van der Waals surface area contributed by atoms with Crippen LogP contribution in [0.5, 0.6) is 28.7 Å². The molecule has 0 unspecified atom stereocenters. The molecule has 1 aliphatic rings. The van der Waals surface area contributed by atoms with Gasteiger partial charge in [0.2, 0.25) is 0 Å². The number of fused-ring (bicyclic) bond motifs is 5. The van der Waals surface area contributed by atoms with E-state index >= 15 is 0 Å². The van der Waals surface area contributed by atoms with Crippen molar-refractivity contribution in [2.45, 2.75) is 32.5 Å². The normalized spacial score (nSPS) is 11.8. The molecule has 8 heterocycles. The highest BCUT2D eigenvalue weighted by molar-refractivity contribution is 7.09. The summed E-state index contributed by atoms with van der Waals surface area (Å²) in [5.74, 6) is -8.58. The molecule has 726 valence electrons. The minimum atomic E-state index is -1.12. The fraction of sp³-hybridized carbons (Fsp3) is 0.115. The molecule has 0 radical (unpaired) electrons. The second kappa shape index (κ2) is 45.9. The number of rotatable bonds is 28. The average Bonchev–Trinajstić information content (AvgIpc) is 1.60. The van der Waals surface area contributed by atoms with Gasteiger partial charge in [-0.3, -0.25) is 54.6 Å². The van der Waals surface area contributed by atoms with Crippen LogP contribution >= 0.6 is 11.3 Å². The molecule has 1 aliphatic carbocycles. The Morgan fingerprint density at radius 2 is 0.685 bits per heavy atom. The van der Waals surface area contributed by atoms with Gasteiger partial charge in [0.15, 0.2) is 58.2 Å². The maximum Gasteiger partial charge on any atom is 0.339 e. The predicted molar refractivity (Wildman–Crippen MR) is 520 cm³/mol. The van der Waals surface area contributed by atoms with E-state index in [2.05, 4.69) is 82.2 Å². The molecule has 0 atom stereocenters. The number of carbonyl (C=O) groups excluding carboxylic acids is 4. The Hall–Kier alpha value is -18.0. The number of H-pyrrole nitrogens is 5. The van der Waals surface area contributed by atoms with Crippen molar-refractivity contribution in [1.82, 2.24) is 82.2 Å². The lowest BCUT2D eigenvalue weighted by Gasteiger charge is -2.10. The van der Waals surface area contributed by atoms with E-state index in [0.717, 1.165) is 78.4 Å². The van der Waals surface area contributed by atoms with Gasteiger partial charge in [0, 0.05) is 23.8 Å². The molecule has 0 spiro atoms. The number of hydrogen-bond donors (Lipinski definition) is 10. The van der Waals surface area contributed by atoms with Crippen molar-refractivity contribution in [3.63, 3.8) is 0 Å². The number of hydrogen-bond acceptors (Lipinski definition) is 19. The van der Waals surface area contributed by atoms with Crippen LogP contribution in [-0.2, 0) is 19.6 Å². The number of aromatic nitrogens is 12. The topological polar surface area (TPSA) is 382 Å². The Bertz CT molecular complexity index is 7700. The molecule has 39 heteroatoms. The lowest BCUT2D eigenvalue weighted by atomic mass is 10.1. The number of halogens is 10. The Labute approximate surface area is 809 Å². The molecule has 0 saturated heterocycles. The number of amides is 4. The molecule has 10 N–H and O–H groups in total. The highest BCUT2D eigenvalue weighted by Gasteiger charge is 2.28. The van der Waals surface area contributed by atoms with E-state index in [-0.39, 0.29) is 48.0 Å². The highest BCUT2D eigenvalue weighted by atomic mass is 32.1. The fourth-order valence-electron chi connectivity index (χ4n) is 14.7. The number of ether oxygens (including phenoxy) is 5. The van der Waals surface area contributed by atoms with E-state index in [4.69, 9.17) is 28.1 Å². The quantitative estimate of drug-likeness (QED) is 0.0204. The molecular formula is C104H82F10N16O12S. The first-order valence-electron chi connectivity index (χ1n) is 43.3. The smallest absolute Gasteiger partial charge is 0.339 e. The lowest BCUT2D eigenvalue weighted by molar-refractivity contribution is 0.0692. The molecule has 143 heavy (non-hydrogen) atoms. The Morgan fingerprint density at radius 1 is 0.371 bits per heavy atom. The SMILES string of the molecule is COc1c(C(=O)NCC2CC2)ccc2n[nH]c(/C=C/c3ccc(F)c(F)c3)c12.COc1c(C(=O)NCc2ccco2)ccc2n[nH]c(/C=C/c3ccc(F)c(F)c3)c12.COc1c(C(=O)NCc2cccs2)ccc2n[nH]c(/C=C/c3ccc(F)c(F)c3)c12.COc1c(C(=O)NCc2cnccn2)ccc2n[nH]c(/C=C/c3ccc(F)c(F)c3)c12.COc1c(C(=O)O)ccc2n[nH]c(/C=C/c3ccc(F)c(F)c3)c12. The Kier molecular flexibility index (Phi) is 32.0. The molecule has 8 aromatic heterocycles. The number of nitrogens with one attached hydrogen (secondary N) is 9. The third kappa shape index (κ3) is 24.0. The number of carboxylic acid groups (broad SMARTS) is 1. The first-order chi connectivity index (χ1) is 69.3. The molecule has 18 aromatic rings. The molecule has 1 saturated carbocycles. The number of furan rings is 1. The van der Waals surface area contributed by atoms with Gasteiger partial charge in [-0.2, -0.15) is 25.5 Å². The standard InChI is InChI=1S/C22H17F2N5O2.C22H17F2N3O3.C22H17F2N3O2S.C21H19F2N3O2.C17H12F2N2O3/c1-31-21-15(22(30)27-12-14-11-25-8-9-26-14)4-7-19-20(21)18(28-29-19)6-3-13-2-5-16(23)17(24)10-13;2*1-29-21-15(22(28)25-12-14-3-2-10-30-14)6-9-19-20(21)18(26-27-19)8-5-13-4-7-16(23)17(24)11-13;1-28-20-14(21(27)24-11-13-2-3-13)6-9-18-19(20)17(25-26-18)8-5-12-4-7-15(22)16(23)10-12;1-24-16-10(17(22)23)4-7-14-15(16)13(20-21-14)6-3-9-2-5-11(18)12(19)8-9/h2-11H,12H2,1H3,(H,27,30)(H,28,29);2*2-11H,12H2,1H3,(H,25,28)(H,26,27);4-10,13H,2-3,11H2,1H3,(H,24,27)(H,25,26);2-8H,1H3,(H,20,21)(H,22,23)/b6-3+;3*8-5+;6-3+. The second-order valence-corrected chi connectivity index (χ2v) is 32.3. The van der Waals surface area contributed by atoms with E-state index < -0.39 is 64.1 Å². The van der Waals surface area contributed by atoms with Crippen molar-refractivity contribution in [3.8, 4) is 28.7 Å². The van der Waals surface area contributed by atoms with Crippen LogP contribution in [0.25, 0.3) is 115 Å². The van der Waals surface area contributed by atoms with Gasteiger partial charge < -0.3 is 54.5 Å². The summed E-state index contributed by atoms with van der Waals surface area (Å²) < 4.78 is 165. The molecule has 10 aromatic carbocycles. The van der Waals surface area contributed by atoms with Crippen molar-refractivity contribution >= 4 is 156 Å². The molecule has 1 fully saturated rings. The van der Waals surface area contributed by atoms with Gasteiger partial charge in [-0.15, -0.1) is 11.3 Å². The highest BCUT2D eigenvalue weighted by Crippen LogP contribution is 2.39. The summed E-state index contributed by atoms with van der Waals surface area (Å²) in [5.41, 5.74) is 10.2. The van der Waals surface area contributed by atoms with Crippen molar-refractivity contribution in [2.75, 3.05) is 42.1 Å². The minimum absolute atomic E-state index is 0.00822. The van der Waals surface area contributed by atoms with Gasteiger partial charge in [-0.1, -0.05) is 66.8 Å².